The maximum absolute atomic E-state index is 11.9. The summed E-state index contributed by atoms with van der Waals surface area (Å²) in [6.07, 6.45) is 4.58. The van der Waals surface area contributed by atoms with E-state index in [1.165, 1.54) is 11.3 Å². The van der Waals surface area contributed by atoms with Crippen LogP contribution in [0.3, 0.4) is 0 Å². The lowest BCUT2D eigenvalue weighted by atomic mass is 10.1. The zero-order chi connectivity index (χ0) is 14.0. The highest BCUT2D eigenvalue weighted by Gasteiger charge is 2.21. The standard InChI is InChI=1S/C12H15N3O3S/c1-3-4-8(11(17)18)13-10(16)9-6-15-5-7(2)19-12(15)14-9/h5-6,8H,3-4H2,1-2H3,(H,13,16)(H,17,18). The molecular weight excluding hydrogens is 266 g/mol. The fourth-order valence-electron chi connectivity index (χ4n) is 1.80. The van der Waals surface area contributed by atoms with E-state index >= 15 is 0 Å². The summed E-state index contributed by atoms with van der Waals surface area (Å²) in [6, 6.07) is -0.862. The number of aromatic nitrogens is 2. The summed E-state index contributed by atoms with van der Waals surface area (Å²) in [5.41, 5.74) is 0.244. The Morgan fingerprint density at radius 3 is 2.84 bits per heavy atom. The molecule has 0 aliphatic rings. The van der Waals surface area contributed by atoms with Crippen LogP contribution in [0, 0.1) is 6.92 Å². The van der Waals surface area contributed by atoms with Crippen molar-refractivity contribution in [1.29, 1.82) is 0 Å². The first-order valence-electron chi connectivity index (χ1n) is 6.00. The Kier molecular flexibility index (Phi) is 3.84. The van der Waals surface area contributed by atoms with E-state index in [2.05, 4.69) is 10.3 Å². The lowest BCUT2D eigenvalue weighted by molar-refractivity contribution is -0.139. The van der Waals surface area contributed by atoms with Gasteiger partial charge in [0, 0.05) is 17.3 Å². The molecule has 102 valence electrons. The van der Waals surface area contributed by atoms with Crippen LogP contribution in [0.2, 0.25) is 0 Å². The highest BCUT2D eigenvalue weighted by molar-refractivity contribution is 7.17. The van der Waals surface area contributed by atoms with Crippen LogP contribution >= 0.6 is 11.3 Å². The average Bonchev–Trinajstić information content (AvgIpc) is 2.85. The molecule has 0 aromatic carbocycles. The Bertz CT molecular complexity index is 585. The van der Waals surface area contributed by atoms with Gasteiger partial charge in [0.1, 0.15) is 11.7 Å². The number of carboxylic acid groups (broad SMARTS) is 1. The number of aryl methyl sites for hydroxylation is 1. The summed E-state index contributed by atoms with van der Waals surface area (Å²) < 4.78 is 1.77. The lowest BCUT2D eigenvalue weighted by Gasteiger charge is -2.12. The van der Waals surface area contributed by atoms with Crippen molar-refractivity contribution in [2.24, 2.45) is 0 Å². The average molecular weight is 281 g/mol. The van der Waals surface area contributed by atoms with Gasteiger partial charge in [0.25, 0.3) is 5.91 Å². The van der Waals surface area contributed by atoms with Crippen molar-refractivity contribution >= 4 is 28.2 Å². The second-order valence-corrected chi connectivity index (χ2v) is 5.52. The number of carboxylic acids is 1. The topological polar surface area (TPSA) is 83.7 Å². The number of amides is 1. The van der Waals surface area contributed by atoms with Gasteiger partial charge >= 0.3 is 5.97 Å². The molecule has 7 heteroatoms. The van der Waals surface area contributed by atoms with Gasteiger partial charge in [-0.15, -0.1) is 11.3 Å². The van der Waals surface area contributed by atoms with E-state index in [1.54, 1.807) is 10.6 Å². The first-order chi connectivity index (χ1) is 9.01. The van der Waals surface area contributed by atoms with Crippen LogP contribution in [-0.4, -0.2) is 32.4 Å². The van der Waals surface area contributed by atoms with E-state index in [9.17, 15) is 9.59 Å². The van der Waals surface area contributed by atoms with Crippen molar-refractivity contribution in [3.05, 3.63) is 23.0 Å². The van der Waals surface area contributed by atoms with E-state index in [-0.39, 0.29) is 5.69 Å². The fourth-order valence-corrected chi connectivity index (χ4v) is 2.61. The van der Waals surface area contributed by atoms with Gasteiger partial charge in [0.05, 0.1) is 0 Å². The quantitative estimate of drug-likeness (QED) is 0.873. The predicted molar refractivity (Wildman–Crippen MR) is 71.6 cm³/mol. The van der Waals surface area contributed by atoms with E-state index in [0.717, 1.165) is 9.84 Å². The van der Waals surface area contributed by atoms with Gasteiger partial charge in [-0.1, -0.05) is 13.3 Å². The highest BCUT2D eigenvalue weighted by atomic mass is 32.1. The second-order valence-electron chi connectivity index (χ2n) is 4.31. The minimum Gasteiger partial charge on any atom is -0.480 e. The number of rotatable bonds is 5. The molecule has 0 bridgehead atoms. The molecule has 2 N–H and O–H groups in total. The molecule has 2 heterocycles. The number of hydrogen-bond acceptors (Lipinski definition) is 4. The van der Waals surface area contributed by atoms with Crippen molar-refractivity contribution in [1.82, 2.24) is 14.7 Å². The molecule has 2 aromatic heterocycles. The second kappa shape index (κ2) is 5.40. The number of nitrogens with one attached hydrogen (secondary N) is 1. The number of carbonyl (C=O) groups is 2. The number of hydrogen-bond donors (Lipinski definition) is 2. The first kappa shape index (κ1) is 13.5. The van der Waals surface area contributed by atoms with Gasteiger partial charge in [0.15, 0.2) is 4.96 Å². The Hall–Kier alpha value is -1.89. The molecule has 0 aliphatic carbocycles. The summed E-state index contributed by atoms with van der Waals surface area (Å²) in [6.45, 7) is 3.83. The van der Waals surface area contributed by atoms with Crippen LogP contribution in [0.4, 0.5) is 0 Å². The molecule has 1 amide bonds. The molecule has 19 heavy (non-hydrogen) atoms. The van der Waals surface area contributed by atoms with Crippen molar-refractivity contribution < 1.29 is 14.7 Å². The van der Waals surface area contributed by atoms with Crippen molar-refractivity contribution in [2.45, 2.75) is 32.7 Å². The molecule has 2 aromatic rings. The van der Waals surface area contributed by atoms with E-state index in [0.29, 0.717) is 12.8 Å². The fraction of sp³-hybridized carbons (Fsp3) is 0.417. The Balaban J connectivity index is 2.14. The third-order valence-corrected chi connectivity index (χ3v) is 3.60. The molecule has 0 saturated carbocycles. The van der Waals surface area contributed by atoms with Gasteiger partial charge in [0.2, 0.25) is 0 Å². The Labute approximate surface area is 114 Å². The number of nitrogens with zero attached hydrogens (tertiary/aromatic N) is 2. The summed E-state index contributed by atoms with van der Waals surface area (Å²) in [4.78, 5) is 28.9. The minimum atomic E-state index is -1.02. The van der Waals surface area contributed by atoms with Gasteiger partial charge in [-0.05, 0) is 13.3 Å². The molecule has 2 rings (SSSR count). The van der Waals surface area contributed by atoms with Crippen LogP contribution in [0.15, 0.2) is 12.4 Å². The van der Waals surface area contributed by atoms with E-state index in [4.69, 9.17) is 5.11 Å². The third-order valence-electron chi connectivity index (χ3n) is 2.68. The molecule has 0 spiro atoms. The molecule has 1 unspecified atom stereocenters. The Morgan fingerprint density at radius 1 is 1.53 bits per heavy atom. The van der Waals surface area contributed by atoms with Crippen LogP contribution < -0.4 is 5.32 Å². The monoisotopic (exact) mass is 281 g/mol. The predicted octanol–water partition coefficient (Wildman–Crippen LogP) is 1.69. The maximum Gasteiger partial charge on any atom is 0.326 e. The minimum absolute atomic E-state index is 0.244. The van der Waals surface area contributed by atoms with Gasteiger partial charge in [-0.2, -0.15) is 0 Å². The summed E-state index contributed by atoms with van der Waals surface area (Å²) in [5.74, 6) is -1.47. The molecule has 1 atom stereocenters. The van der Waals surface area contributed by atoms with E-state index in [1.807, 2.05) is 20.0 Å². The van der Waals surface area contributed by atoms with Gasteiger partial charge < -0.3 is 10.4 Å². The normalized spacial score (nSPS) is 12.5. The van der Waals surface area contributed by atoms with Crippen molar-refractivity contribution in [3.63, 3.8) is 0 Å². The zero-order valence-corrected chi connectivity index (χ0v) is 11.5. The number of thiazole rings is 1. The SMILES string of the molecule is CCCC(NC(=O)c1cn2cc(C)sc2n1)C(=O)O. The van der Waals surface area contributed by atoms with Crippen LogP contribution in [0.25, 0.3) is 4.96 Å². The zero-order valence-electron chi connectivity index (χ0n) is 10.7. The van der Waals surface area contributed by atoms with Gasteiger partial charge in [-0.3, -0.25) is 9.20 Å². The Morgan fingerprint density at radius 2 is 2.26 bits per heavy atom. The number of carbonyl (C=O) groups excluding carboxylic acids is 1. The van der Waals surface area contributed by atoms with Crippen LogP contribution in [0.1, 0.15) is 35.1 Å². The smallest absolute Gasteiger partial charge is 0.326 e. The molecule has 0 aliphatic heterocycles. The first-order valence-corrected chi connectivity index (χ1v) is 6.81. The summed E-state index contributed by atoms with van der Waals surface area (Å²) in [5, 5.41) is 11.5. The van der Waals surface area contributed by atoms with Gasteiger partial charge in [-0.25, -0.2) is 9.78 Å². The number of fused-ring (bicyclic) bond motifs is 1. The molecular formula is C12H15N3O3S. The van der Waals surface area contributed by atoms with Crippen molar-refractivity contribution in [3.8, 4) is 0 Å². The highest BCUT2D eigenvalue weighted by Crippen LogP contribution is 2.16. The summed E-state index contributed by atoms with van der Waals surface area (Å²) >= 11 is 1.48. The van der Waals surface area contributed by atoms with E-state index < -0.39 is 17.9 Å². The van der Waals surface area contributed by atoms with Crippen molar-refractivity contribution in [2.75, 3.05) is 0 Å². The largest absolute Gasteiger partial charge is 0.480 e. The number of imidazole rings is 1. The lowest BCUT2D eigenvalue weighted by Crippen LogP contribution is -2.40. The summed E-state index contributed by atoms with van der Waals surface area (Å²) in [7, 11) is 0. The molecule has 6 nitrogen and oxygen atoms in total. The molecule has 0 fully saturated rings. The molecule has 0 saturated heterocycles. The maximum atomic E-state index is 11.9. The molecule has 0 radical (unpaired) electrons. The van der Waals surface area contributed by atoms with Crippen LogP contribution in [-0.2, 0) is 4.79 Å². The van der Waals surface area contributed by atoms with Crippen LogP contribution in [0.5, 0.6) is 0 Å². The number of aliphatic carboxylic acids is 1. The third kappa shape index (κ3) is 2.93.